The van der Waals surface area contributed by atoms with Gasteiger partial charge in [-0.15, -0.1) is 0 Å². The topological polar surface area (TPSA) is 55.1 Å². The van der Waals surface area contributed by atoms with Crippen LogP contribution in [-0.4, -0.2) is 20.8 Å². The first-order valence-electron chi connectivity index (χ1n) is 4.91. The van der Waals surface area contributed by atoms with Gasteiger partial charge in [0.25, 0.3) is 5.56 Å². The van der Waals surface area contributed by atoms with Crippen LogP contribution in [-0.2, 0) is 6.54 Å². The smallest absolute Gasteiger partial charge is 0.261 e. The summed E-state index contributed by atoms with van der Waals surface area (Å²) in [6, 6.07) is 4.24. The van der Waals surface area contributed by atoms with E-state index in [0.29, 0.717) is 0 Å². The molecule has 84 valence electrons. The van der Waals surface area contributed by atoms with Crippen molar-refractivity contribution < 1.29 is 9.50 Å². The van der Waals surface area contributed by atoms with Crippen LogP contribution in [0.2, 0.25) is 0 Å². The maximum absolute atomic E-state index is 13.3. The molecule has 2 rings (SSSR count). The number of hydrogen-bond acceptors (Lipinski definition) is 3. The van der Waals surface area contributed by atoms with Crippen molar-refractivity contribution in [2.45, 2.75) is 19.6 Å². The van der Waals surface area contributed by atoms with Crippen LogP contribution in [0.15, 0.2) is 29.3 Å². The van der Waals surface area contributed by atoms with Gasteiger partial charge in [-0.25, -0.2) is 9.37 Å². The van der Waals surface area contributed by atoms with Crippen molar-refractivity contribution in [2.75, 3.05) is 0 Å². The molecule has 0 saturated heterocycles. The average Bonchev–Trinajstić information content (AvgIpc) is 2.23. The molecule has 0 aliphatic rings. The molecule has 0 saturated carbocycles. The number of halogens is 1. The second-order valence-electron chi connectivity index (χ2n) is 3.69. The van der Waals surface area contributed by atoms with Crippen LogP contribution < -0.4 is 5.56 Å². The van der Waals surface area contributed by atoms with E-state index in [1.165, 1.54) is 29.1 Å². The van der Waals surface area contributed by atoms with Gasteiger partial charge in [-0.3, -0.25) is 9.36 Å². The van der Waals surface area contributed by atoms with Crippen molar-refractivity contribution in [1.82, 2.24) is 9.55 Å². The van der Waals surface area contributed by atoms with E-state index in [0.717, 1.165) is 0 Å². The fourth-order valence-electron chi connectivity index (χ4n) is 1.57. The molecule has 1 aromatic heterocycles. The van der Waals surface area contributed by atoms with Crippen molar-refractivity contribution in [3.63, 3.8) is 0 Å². The van der Waals surface area contributed by atoms with Gasteiger partial charge in [-0.05, 0) is 19.1 Å². The van der Waals surface area contributed by atoms with E-state index in [4.69, 9.17) is 0 Å². The molecule has 0 amide bonds. The largest absolute Gasteiger partial charge is 0.392 e. The van der Waals surface area contributed by atoms with Crippen LogP contribution in [0.3, 0.4) is 0 Å². The molecular weight excluding hydrogens is 211 g/mol. The normalized spacial score (nSPS) is 12.9. The van der Waals surface area contributed by atoms with Crippen LogP contribution in [0.4, 0.5) is 4.39 Å². The highest BCUT2D eigenvalue weighted by Gasteiger charge is 2.08. The van der Waals surface area contributed by atoms with Crippen LogP contribution in [0.1, 0.15) is 6.92 Å². The molecule has 0 spiro atoms. The molecular formula is C11H11FN2O2. The molecule has 4 nitrogen and oxygen atoms in total. The second-order valence-corrected chi connectivity index (χ2v) is 3.69. The molecule has 16 heavy (non-hydrogen) atoms. The monoisotopic (exact) mass is 222 g/mol. The lowest BCUT2D eigenvalue weighted by atomic mass is 10.2. The third kappa shape index (κ3) is 1.81. The number of aliphatic hydroxyl groups is 1. The summed E-state index contributed by atoms with van der Waals surface area (Å²) in [4.78, 5) is 15.7. The maximum atomic E-state index is 13.3. The lowest BCUT2D eigenvalue weighted by Crippen LogP contribution is -2.25. The van der Waals surface area contributed by atoms with Gasteiger partial charge >= 0.3 is 0 Å². The minimum absolute atomic E-state index is 0.0642. The van der Waals surface area contributed by atoms with Gasteiger partial charge in [0.1, 0.15) is 11.3 Å². The van der Waals surface area contributed by atoms with Crippen molar-refractivity contribution in [2.24, 2.45) is 0 Å². The Morgan fingerprint density at radius 3 is 3.00 bits per heavy atom. The number of aromatic nitrogens is 2. The first-order valence-corrected chi connectivity index (χ1v) is 4.91. The highest BCUT2D eigenvalue weighted by Crippen LogP contribution is 2.10. The third-order valence-electron chi connectivity index (χ3n) is 2.27. The Morgan fingerprint density at radius 2 is 2.31 bits per heavy atom. The maximum Gasteiger partial charge on any atom is 0.261 e. The minimum atomic E-state index is -0.648. The summed E-state index contributed by atoms with van der Waals surface area (Å²) in [6.07, 6.45) is 0.603. The van der Waals surface area contributed by atoms with Gasteiger partial charge in [-0.2, -0.15) is 0 Å². The van der Waals surface area contributed by atoms with E-state index in [-0.39, 0.29) is 23.0 Å². The molecule has 2 aromatic rings. The molecule has 0 fully saturated rings. The Bertz CT molecular complexity index is 578. The van der Waals surface area contributed by atoms with Gasteiger partial charge in [0.15, 0.2) is 0 Å². The number of fused-ring (bicyclic) bond motifs is 1. The van der Waals surface area contributed by atoms with Crippen molar-refractivity contribution in [3.8, 4) is 0 Å². The Balaban J connectivity index is 2.66. The zero-order valence-electron chi connectivity index (χ0n) is 8.72. The van der Waals surface area contributed by atoms with Crippen molar-refractivity contribution in [3.05, 3.63) is 40.7 Å². The Labute approximate surface area is 91.0 Å². The Hall–Kier alpha value is -1.75. The summed E-state index contributed by atoms with van der Waals surface area (Å²) in [5.41, 5.74) is -0.278. The van der Waals surface area contributed by atoms with Gasteiger partial charge in [-0.1, -0.05) is 6.07 Å². The van der Waals surface area contributed by atoms with E-state index in [1.807, 2.05) is 0 Å². The van der Waals surface area contributed by atoms with Crippen LogP contribution in [0.5, 0.6) is 0 Å². The van der Waals surface area contributed by atoms with Crippen LogP contribution in [0.25, 0.3) is 10.9 Å². The molecule has 1 N–H and O–H groups in total. The molecule has 0 aliphatic heterocycles. The standard InChI is InChI=1S/C11H11FN2O2/c1-7(15)5-14-6-13-10-8(11(14)16)3-2-4-9(10)12/h2-4,6-7,15H,5H2,1H3. The van der Waals surface area contributed by atoms with E-state index >= 15 is 0 Å². The molecule has 1 atom stereocenters. The van der Waals surface area contributed by atoms with Gasteiger partial charge < -0.3 is 5.11 Å². The summed E-state index contributed by atoms with van der Waals surface area (Å²) in [5, 5.41) is 9.42. The summed E-state index contributed by atoms with van der Waals surface area (Å²) < 4.78 is 14.6. The molecule has 1 heterocycles. The second kappa shape index (κ2) is 4.02. The quantitative estimate of drug-likeness (QED) is 0.821. The number of benzene rings is 1. The lowest BCUT2D eigenvalue weighted by molar-refractivity contribution is 0.172. The summed E-state index contributed by atoms with van der Waals surface area (Å²) in [7, 11) is 0. The Morgan fingerprint density at radius 1 is 1.56 bits per heavy atom. The average molecular weight is 222 g/mol. The third-order valence-corrected chi connectivity index (χ3v) is 2.27. The summed E-state index contributed by atoms with van der Waals surface area (Å²) >= 11 is 0. The molecule has 5 heteroatoms. The van der Waals surface area contributed by atoms with Crippen LogP contribution in [0, 0.1) is 5.82 Å². The van der Waals surface area contributed by atoms with E-state index in [9.17, 15) is 14.3 Å². The van der Waals surface area contributed by atoms with Crippen molar-refractivity contribution >= 4 is 10.9 Å². The fourth-order valence-corrected chi connectivity index (χ4v) is 1.57. The number of para-hydroxylation sites is 1. The molecule has 0 radical (unpaired) electrons. The summed E-state index contributed by atoms with van der Waals surface area (Å²) in [5.74, 6) is -0.515. The van der Waals surface area contributed by atoms with E-state index in [1.54, 1.807) is 6.92 Å². The van der Waals surface area contributed by atoms with Crippen molar-refractivity contribution in [1.29, 1.82) is 0 Å². The zero-order chi connectivity index (χ0) is 11.7. The van der Waals surface area contributed by atoms with Gasteiger partial charge in [0.2, 0.25) is 0 Å². The first-order chi connectivity index (χ1) is 7.59. The van der Waals surface area contributed by atoms with Gasteiger partial charge in [0, 0.05) is 0 Å². The number of aliphatic hydroxyl groups excluding tert-OH is 1. The SMILES string of the molecule is CC(O)Cn1cnc2c(F)cccc2c1=O. The fraction of sp³-hybridized carbons (Fsp3) is 0.273. The number of hydrogen-bond donors (Lipinski definition) is 1. The predicted octanol–water partition coefficient (Wildman–Crippen LogP) is 0.916. The highest BCUT2D eigenvalue weighted by molar-refractivity contribution is 5.77. The number of rotatable bonds is 2. The first kappa shape index (κ1) is 10.8. The van der Waals surface area contributed by atoms with E-state index < -0.39 is 11.9 Å². The van der Waals surface area contributed by atoms with Crippen LogP contribution >= 0.6 is 0 Å². The highest BCUT2D eigenvalue weighted by atomic mass is 19.1. The van der Waals surface area contributed by atoms with E-state index in [2.05, 4.69) is 4.98 Å². The molecule has 0 bridgehead atoms. The molecule has 1 aromatic carbocycles. The Kier molecular flexibility index (Phi) is 2.70. The number of nitrogens with zero attached hydrogens (tertiary/aromatic N) is 2. The zero-order valence-corrected chi connectivity index (χ0v) is 8.72. The lowest BCUT2D eigenvalue weighted by Gasteiger charge is -2.08. The predicted molar refractivity (Wildman–Crippen MR) is 57.6 cm³/mol. The van der Waals surface area contributed by atoms with Gasteiger partial charge in [0.05, 0.1) is 24.4 Å². The minimum Gasteiger partial charge on any atom is -0.392 e. The molecule has 1 unspecified atom stereocenters. The molecule has 0 aliphatic carbocycles. The summed E-state index contributed by atoms with van der Waals surface area (Å²) in [6.45, 7) is 1.72.